The molecule has 1 atom stereocenters. The van der Waals surface area contributed by atoms with Gasteiger partial charge in [0.05, 0.1) is 13.2 Å². The largest absolute Gasteiger partial charge is 0.497 e. The monoisotopic (exact) mass is 454 g/mol. The number of benzene rings is 2. The fourth-order valence-corrected chi connectivity index (χ4v) is 4.08. The number of aliphatic carboxylic acids is 1. The maximum atomic E-state index is 12.7. The second kappa shape index (κ2) is 10.1. The van der Waals surface area contributed by atoms with E-state index in [9.17, 15) is 14.7 Å². The molecule has 1 aliphatic rings. The molecule has 0 unspecified atom stereocenters. The van der Waals surface area contributed by atoms with Crippen LogP contribution in [0.5, 0.6) is 11.5 Å². The van der Waals surface area contributed by atoms with E-state index < -0.39 is 11.6 Å². The van der Waals surface area contributed by atoms with Gasteiger partial charge in [0.25, 0.3) is 0 Å². The lowest BCUT2D eigenvalue weighted by atomic mass is 10.0. The predicted molar refractivity (Wildman–Crippen MR) is 127 cm³/mol. The van der Waals surface area contributed by atoms with Crippen LogP contribution in [0.2, 0.25) is 0 Å². The number of amides is 2. The number of nitrogens with zero attached hydrogens (tertiary/aromatic N) is 2. The van der Waals surface area contributed by atoms with Crippen molar-refractivity contribution in [1.29, 1.82) is 0 Å². The molecule has 33 heavy (non-hydrogen) atoms. The van der Waals surface area contributed by atoms with Gasteiger partial charge in [-0.05, 0) is 74.9 Å². The van der Waals surface area contributed by atoms with Gasteiger partial charge in [-0.3, -0.25) is 0 Å². The lowest BCUT2D eigenvalue weighted by Gasteiger charge is -2.23. The van der Waals surface area contributed by atoms with Gasteiger partial charge in [0.2, 0.25) is 0 Å². The van der Waals surface area contributed by atoms with Crippen molar-refractivity contribution in [1.82, 2.24) is 9.80 Å². The second-order valence-electron chi connectivity index (χ2n) is 9.19. The highest BCUT2D eigenvalue weighted by atomic mass is 16.5. The highest BCUT2D eigenvalue weighted by molar-refractivity contribution is 5.77. The number of hydrogen-bond acceptors (Lipinski definition) is 4. The first-order chi connectivity index (χ1) is 15.6. The fraction of sp³-hybridized carbons (Fsp3) is 0.462. The highest BCUT2D eigenvalue weighted by Crippen LogP contribution is 2.26. The Labute approximate surface area is 195 Å². The van der Waals surface area contributed by atoms with Crippen LogP contribution < -0.4 is 9.47 Å². The molecule has 1 heterocycles. The summed E-state index contributed by atoms with van der Waals surface area (Å²) in [5.41, 5.74) is 1.87. The first kappa shape index (κ1) is 24.4. The minimum absolute atomic E-state index is 0.0567. The predicted octanol–water partition coefficient (Wildman–Crippen LogP) is 4.50. The van der Waals surface area contributed by atoms with Crippen molar-refractivity contribution in [2.45, 2.75) is 58.2 Å². The number of rotatable bonds is 10. The molecule has 178 valence electrons. The topological polar surface area (TPSA) is 79.3 Å². The van der Waals surface area contributed by atoms with Gasteiger partial charge in [0.15, 0.2) is 5.60 Å². The lowest BCUT2D eigenvalue weighted by Crippen LogP contribution is -2.38. The van der Waals surface area contributed by atoms with E-state index >= 15 is 0 Å². The summed E-state index contributed by atoms with van der Waals surface area (Å²) in [4.78, 5) is 27.8. The van der Waals surface area contributed by atoms with Crippen LogP contribution in [0.4, 0.5) is 4.79 Å². The Morgan fingerprint density at radius 1 is 1.18 bits per heavy atom. The normalized spacial score (nSPS) is 16.3. The van der Waals surface area contributed by atoms with Crippen molar-refractivity contribution in [2.75, 3.05) is 20.7 Å². The van der Waals surface area contributed by atoms with E-state index in [2.05, 4.69) is 0 Å². The van der Waals surface area contributed by atoms with E-state index in [1.165, 1.54) is 5.56 Å². The molecule has 0 spiro atoms. The zero-order valence-corrected chi connectivity index (χ0v) is 20.1. The third-order valence-electron chi connectivity index (χ3n) is 6.18. The highest BCUT2D eigenvalue weighted by Gasteiger charge is 2.34. The first-order valence-corrected chi connectivity index (χ1v) is 11.3. The molecule has 0 saturated carbocycles. The third-order valence-corrected chi connectivity index (χ3v) is 6.18. The number of carboxylic acid groups (broad SMARTS) is 1. The number of carbonyl (C=O) groups is 2. The first-order valence-electron chi connectivity index (χ1n) is 11.3. The van der Waals surface area contributed by atoms with Crippen molar-refractivity contribution in [3.63, 3.8) is 0 Å². The molecule has 1 saturated heterocycles. The minimum atomic E-state index is -1.28. The van der Waals surface area contributed by atoms with Crippen LogP contribution in [0, 0.1) is 6.92 Å². The molecule has 2 amide bonds. The molecule has 0 radical (unpaired) electrons. The number of hydrogen-bond donors (Lipinski definition) is 1. The molecule has 1 fully saturated rings. The molecule has 1 N–H and O–H groups in total. The number of urea groups is 1. The standard InChI is InChI=1S/C26H34N2O5/c1-18-14-19(12-13-23(18)33-26(2,3)24(29)30)8-6-10-21-17-28(25(31)27(21)4)16-20-9-7-11-22(15-20)32-5/h7,9,11-15,21H,6,8,10,16-17H2,1-5H3,(H,29,30)/t21-/m0/s1. The Morgan fingerprint density at radius 3 is 2.61 bits per heavy atom. The van der Waals surface area contributed by atoms with Gasteiger partial charge in [-0.25, -0.2) is 9.59 Å². The van der Waals surface area contributed by atoms with Crippen LogP contribution >= 0.6 is 0 Å². The zero-order chi connectivity index (χ0) is 24.2. The van der Waals surface area contributed by atoms with Gasteiger partial charge >= 0.3 is 12.0 Å². The minimum Gasteiger partial charge on any atom is -0.497 e. The van der Waals surface area contributed by atoms with Gasteiger partial charge in [0.1, 0.15) is 11.5 Å². The van der Waals surface area contributed by atoms with Gasteiger partial charge in [-0.15, -0.1) is 0 Å². The summed E-state index contributed by atoms with van der Waals surface area (Å²) in [6.07, 6.45) is 2.76. The molecule has 0 aliphatic carbocycles. The van der Waals surface area contributed by atoms with Crippen LogP contribution in [-0.4, -0.2) is 59.3 Å². The molecule has 2 aromatic rings. The van der Waals surface area contributed by atoms with Crippen LogP contribution in [0.15, 0.2) is 42.5 Å². The summed E-state index contributed by atoms with van der Waals surface area (Å²) in [5, 5.41) is 9.27. The SMILES string of the molecule is COc1cccc(CN2C[C@H](CCCc3ccc(OC(C)(C)C(=O)O)c(C)c3)N(C)C2=O)c1. The zero-order valence-electron chi connectivity index (χ0n) is 20.1. The van der Waals surface area contributed by atoms with Crippen LogP contribution in [-0.2, 0) is 17.8 Å². The van der Waals surface area contributed by atoms with E-state index in [1.807, 2.05) is 66.2 Å². The number of aryl methyl sites for hydroxylation is 2. The summed E-state index contributed by atoms with van der Waals surface area (Å²) in [5.74, 6) is 0.379. The molecule has 2 aromatic carbocycles. The Bertz CT molecular complexity index is 1000. The Balaban J connectivity index is 1.53. The number of ether oxygens (including phenoxy) is 2. The second-order valence-corrected chi connectivity index (χ2v) is 9.19. The van der Waals surface area contributed by atoms with E-state index in [4.69, 9.17) is 9.47 Å². The smallest absolute Gasteiger partial charge is 0.347 e. The molecular weight excluding hydrogens is 420 g/mol. The Hall–Kier alpha value is -3.22. The molecular formula is C26H34N2O5. The van der Waals surface area contributed by atoms with E-state index in [1.54, 1.807) is 21.0 Å². The van der Waals surface area contributed by atoms with Crippen molar-refractivity contribution in [2.24, 2.45) is 0 Å². The van der Waals surface area contributed by atoms with E-state index in [0.29, 0.717) is 18.8 Å². The number of carbonyl (C=O) groups excluding carboxylic acids is 1. The summed E-state index contributed by atoms with van der Waals surface area (Å²) in [6.45, 7) is 6.29. The van der Waals surface area contributed by atoms with Gasteiger partial charge in [-0.1, -0.05) is 24.3 Å². The van der Waals surface area contributed by atoms with Crippen molar-refractivity contribution in [3.05, 3.63) is 59.2 Å². The Morgan fingerprint density at radius 2 is 1.94 bits per heavy atom. The molecule has 7 nitrogen and oxygen atoms in total. The molecule has 7 heteroatoms. The average molecular weight is 455 g/mol. The maximum absolute atomic E-state index is 12.7. The van der Waals surface area contributed by atoms with E-state index in [-0.39, 0.29) is 12.1 Å². The van der Waals surface area contributed by atoms with Gasteiger partial charge < -0.3 is 24.4 Å². The molecule has 3 rings (SSSR count). The average Bonchev–Trinajstić information content (AvgIpc) is 3.03. The quantitative estimate of drug-likeness (QED) is 0.572. The lowest BCUT2D eigenvalue weighted by molar-refractivity contribution is -0.152. The van der Waals surface area contributed by atoms with Crippen molar-refractivity contribution >= 4 is 12.0 Å². The maximum Gasteiger partial charge on any atom is 0.347 e. The van der Waals surface area contributed by atoms with Crippen molar-refractivity contribution in [3.8, 4) is 11.5 Å². The summed E-state index contributed by atoms with van der Waals surface area (Å²) < 4.78 is 11.0. The van der Waals surface area contributed by atoms with Gasteiger partial charge in [-0.2, -0.15) is 0 Å². The van der Waals surface area contributed by atoms with Crippen LogP contribution in [0.3, 0.4) is 0 Å². The molecule has 0 aromatic heterocycles. The molecule has 0 bridgehead atoms. The summed E-state index contributed by atoms with van der Waals surface area (Å²) >= 11 is 0. The van der Waals surface area contributed by atoms with Crippen LogP contribution in [0.25, 0.3) is 0 Å². The van der Waals surface area contributed by atoms with Crippen LogP contribution in [0.1, 0.15) is 43.4 Å². The fourth-order valence-electron chi connectivity index (χ4n) is 4.08. The number of likely N-dealkylation sites (N-methyl/N-ethyl adjacent to an activating group) is 1. The van der Waals surface area contributed by atoms with Crippen molar-refractivity contribution < 1.29 is 24.2 Å². The number of methoxy groups -OCH3 is 1. The molecule has 1 aliphatic heterocycles. The van der Waals surface area contributed by atoms with E-state index in [0.717, 1.165) is 36.1 Å². The Kier molecular flexibility index (Phi) is 7.51. The number of carboxylic acids is 1. The third kappa shape index (κ3) is 5.97. The summed E-state index contributed by atoms with van der Waals surface area (Å²) in [7, 11) is 3.52. The van der Waals surface area contributed by atoms with Gasteiger partial charge in [0, 0.05) is 20.1 Å². The summed E-state index contributed by atoms with van der Waals surface area (Å²) in [6, 6.07) is 13.9.